The van der Waals surface area contributed by atoms with Crippen molar-refractivity contribution < 1.29 is 14.5 Å². The number of nitrogens with zero attached hydrogens (tertiary/aromatic N) is 3. The summed E-state index contributed by atoms with van der Waals surface area (Å²) in [4.78, 5) is 29.4. The first kappa shape index (κ1) is 14.6. The summed E-state index contributed by atoms with van der Waals surface area (Å²) in [6.45, 7) is 3.21. The summed E-state index contributed by atoms with van der Waals surface area (Å²) in [6, 6.07) is 0. The van der Waals surface area contributed by atoms with Gasteiger partial charge < -0.3 is 15.4 Å². The first-order chi connectivity index (χ1) is 8.99. The summed E-state index contributed by atoms with van der Waals surface area (Å²) in [5, 5.41) is 16.2. The largest absolute Gasteiger partial charge is 0.465 e. The zero-order chi connectivity index (χ0) is 14.4. The Kier molecular flexibility index (Phi) is 4.98. The molecule has 0 aliphatic rings. The molecule has 0 radical (unpaired) electrons. The Morgan fingerprint density at radius 1 is 1.47 bits per heavy atom. The molecule has 0 saturated carbocycles. The van der Waals surface area contributed by atoms with Crippen LogP contribution in [0.3, 0.4) is 0 Å². The second-order valence-corrected chi connectivity index (χ2v) is 3.50. The van der Waals surface area contributed by atoms with Gasteiger partial charge in [0.05, 0.1) is 11.5 Å². The molecule has 0 bridgehead atoms. The normalized spacial score (nSPS) is 9.84. The molecule has 2 N–H and O–H groups in total. The first-order valence-electron chi connectivity index (χ1n) is 5.59. The predicted octanol–water partition coefficient (Wildman–Crippen LogP) is 0.710. The molecule has 1 heterocycles. The molecular formula is C10H15N5O4. The molecule has 1 rings (SSSR count). The lowest BCUT2D eigenvalue weighted by Crippen LogP contribution is -2.19. The monoisotopic (exact) mass is 269 g/mol. The number of aromatic nitrogens is 2. The van der Waals surface area contributed by atoms with Crippen LogP contribution in [-0.4, -0.2) is 41.1 Å². The summed E-state index contributed by atoms with van der Waals surface area (Å²) in [6.07, 6.45) is 0. The van der Waals surface area contributed by atoms with Gasteiger partial charge in [0.25, 0.3) is 0 Å². The maximum absolute atomic E-state index is 11.2. The molecule has 9 nitrogen and oxygen atoms in total. The molecule has 0 spiro atoms. The van der Waals surface area contributed by atoms with Crippen molar-refractivity contribution in [2.75, 3.05) is 30.8 Å². The minimum absolute atomic E-state index is 0.0186. The van der Waals surface area contributed by atoms with E-state index >= 15 is 0 Å². The Bertz CT molecular complexity index is 491. The number of nitro groups is 1. The number of anilines is 2. The van der Waals surface area contributed by atoms with Crippen molar-refractivity contribution in [2.24, 2.45) is 0 Å². The summed E-state index contributed by atoms with van der Waals surface area (Å²) in [5.74, 6) is -0.302. The Balaban J connectivity index is 2.99. The van der Waals surface area contributed by atoms with Gasteiger partial charge in [0.15, 0.2) is 0 Å². The van der Waals surface area contributed by atoms with Crippen LogP contribution in [0.4, 0.5) is 17.5 Å². The lowest BCUT2D eigenvalue weighted by Gasteiger charge is -2.08. The second-order valence-electron chi connectivity index (χ2n) is 3.50. The van der Waals surface area contributed by atoms with Gasteiger partial charge in [-0.3, -0.25) is 14.9 Å². The molecule has 0 atom stereocenters. The summed E-state index contributed by atoms with van der Waals surface area (Å²) >= 11 is 0. The van der Waals surface area contributed by atoms with Crippen molar-refractivity contribution in [1.82, 2.24) is 9.97 Å². The third-order valence-corrected chi connectivity index (χ3v) is 2.17. The van der Waals surface area contributed by atoms with Gasteiger partial charge in [-0.2, -0.15) is 4.98 Å². The fraction of sp³-hybridized carbons (Fsp3) is 0.500. The van der Waals surface area contributed by atoms with Crippen molar-refractivity contribution in [2.45, 2.75) is 13.8 Å². The Morgan fingerprint density at radius 3 is 2.68 bits per heavy atom. The standard InChI is InChI=1S/C10H15N5O4/c1-4-19-7(16)5-12-9-8(15(17)18)6(2)13-10(11-3)14-9/h4-5H2,1-3H3,(H2,11,12,13,14). The van der Waals surface area contributed by atoms with Crippen molar-refractivity contribution in [3.63, 3.8) is 0 Å². The molecule has 9 heteroatoms. The smallest absolute Gasteiger partial charge is 0.332 e. The van der Waals surface area contributed by atoms with Crippen LogP contribution in [0.5, 0.6) is 0 Å². The van der Waals surface area contributed by atoms with E-state index < -0.39 is 10.9 Å². The van der Waals surface area contributed by atoms with Gasteiger partial charge in [-0.25, -0.2) is 4.98 Å². The minimum atomic E-state index is -0.595. The van der Waals surface area contributed by atoms with Crippen LogP contribution < -0.4 is 10.6 Å². The van der Waals surface area contributed by atoms with Gasteiger partial charge >= 0.3 is 11.7 Å². The number of esters is 1. The summed E-state index contributed by atoms with van der Waals surface area (Å²) < 4.78 is 4.72. The number of nitrogens with one attached hydrogen (secondary N) is 2. The molecule has 0 unspecified atom stereocenters. The fourth-order valence-corrected chi connectivity index (χ4v) is 1.39. The molecule has 1 aromatic heterocycles. The van der Waals surface area contributed by atoms with E-state index in [0.29, 0.717) is 0 Å². The van der Waals surface area contributed by atoms with E-state index in [9.17, 15) is 14.9 Å². The van der Waals surface area contributed by atoms with Crippen molar-refractivity contribution >= 4 is 23.4 Å². The molecule has 0 saturated heterocycles. The summed E-state index contributed by atoms with van der Waals surface area (Å²) in [7, 11) is 1.59. The van der Waals surface area contributed by atoms with E-state index in [1.807, 2.05) is 0 Å². The SMILES string of the molecule is CCOC(=O)CNc1nc(NC)nc(C)c1[N+](=O)[O-]. The Labute approximate surface area is 109 Å². The topological polar surface area (TPSA) is 119 Å². The number of carbonyl (C=O) groups excluding carboxylic acids is 1. The molecule has 0 fully saturated rings. The quantitative estimate of drug-likeness (QED) is 0.440. The van der Waals surface area contributed by atoms with E-state index in [2.05, 4.69) is 20.6 Å². The fourth-order valence-electron chi connectivity index (χ4n) is 1.39. The molecule has 0 aliphatic heterocycles. The van der Waals surface area contributed by atoms with Crippen LogP contribution in [0, 0.1) is 17.0 Å². The van der Waals surface area contributed by atoms with Gasteiger partial charge in [0.2, 0.25) is 11.8 Å². The maximum Gasteiger partial charge on any atom is 0.332 e. The van der Waals surface area contributed by atoms with Crippen LogP contribution in [-0.2, 0) is 9.53 Å². The highest BCUT2D eigenvalue weighted by Crippen LogP contribution is 2.26. The molecule has 1 aromatic rings. The number of aryl methyl sites for hydroxylation is 1. The van der Waals surface area contributed by atoms with E-state index in [0.717, 1.165) is 0 Å². The van der Waals surface area contributed by atoms with Gasteiger partial charge in [-0.1, -0.05) is 0 Å². The van der Waals surface area contributed by atoms with Crippen molar-refractivity contribution in [3.05, 3.63) is 15.8 Å². The molecule has 19 heavy (non-hydrogen) atoms. The van der Waals surface area contributed by atoms with E-state index in [-0.39, 0.29) is 36.3 Å². The average molecular weight is 269 g/mol. The number of hydrogen-bond acceptors (Lipinski definition) is 8. The predicted molar refractivity (Wildman–Crippen MR) is 68.1 cm³/mol. The maximum atomic E-state index is 11.2. The third-order valence-electron chi connectivity index (χ3n) is 2.17. The van der Waals surface area contributed by atoms with E-state index in [1.54, 1.807) is 14.0 Å². The van der Waals surface area contributed by atoms with E-state index in [1.165, 1.54) is 6.92 Å². The Morgan fingerprint density at radius 2 is 2.16 bits per heavy atom. The van der Waals surface area contributed by atoms with Crippen molar-refractivity contribution in [1.29, 1.82) is 0 Å². The molecular weight excluding hydrogens is 254 g/mol. The zero-order valence-electron chi connectivity index (χ0n) is 10.9. The zero-order valence-corrected chi connectivity index (χ0v) is 10.9. The third kappa shape index (κ3) is 3.76. The van der Waals surface area contributed by atoms with Crippen LogP contribution >= 0.6 is 0 Å². The number of ether oxygens (including phenoxy) is 1. The molecule has 0 aliphatic carbocycles. The van der Waals surface area contributed by atoms with Crippen LogP contribution in [0.1, 0.15) is 12.6 Å². The average Bonchev–Trinajstić information content (AvgIpc) is 2.35. The van der Waals surface area contributed by atoms with E-state index in [4.69, 9.17) is 4.74 Å². The van der Waals surface area contributed by atoms with Crippen LogP contribution in [0.2, 0.25) is 0 Å². The molecule has 0 amide bonds. The van der Waals surface area contributed by atoms with Gasteiger partial charge in [-0.05, 0) is 13.8 Å². The first-order valence-corrected chi connectivity index (χ1v) is 5.59. The van der Waals surface area contributed by atoms with Gasteiger partial charge in [-0.15, -0.1) is 0 Å². The van der Waals surface area contributed by atoms with Crippen LogP contribution in [0.15, 0.2) is 0 Å². The van der Waals surface area contributed by atoms with Gasteiger partial charge in [0.1, 0.15) is 12.2 Å². The number of carbonyl (C=O) groups is 1. The van der Waals surface area contributed by atoms with Crippen molar-refractivity contribution in [3.8, 4) is 0 Å². The highest BCUT2D eigenvalue weighted by Gasteiger charge is 2.22. The number of rotatable bonds is 6. The highest BCUT2D eigenvalue weighted by molar-refractivity contribution is 5.76. The lowest BCUT2D eigenvalue weighted by atomic mass is 10.3. The lowest BCUT2D eigenvalue weighted by molar-refractivity contribution is -0.385. The highest BCUT2D eigenvalue weighted by atomic mass is 16.6. The van der Waals surface area contributed by atoms with Crippen LogP contribution in [0.25, 0.3) is 0 Å². The number of hydrogen-bond donors (Lipinski definition) is 2. The van der Waals surface area contributed by atoms with Gasteiger partial charge in [0, 0.05) is 7.05 Å². The Hall–Kier alpha value is -2.45. The summed E-state index contributed by atoms with van der Waals surface area (Å²) in [5.41, 5.74) is -0.0565. The second kappa shape index (κ2) is 6.47. The molecule has 104 valence electrons. The minimum Gasteiger partial charge on any atom is -0.465 e. The molecule has 0 aromatic carbocycles.